The summed E-state index contributed by atoms with van der Waals surface area (Å²) in [4.78, 5) is 28.8. The zero-order valence-corrected chi connectivity index (χ0v) is 21.7. The Morgan fingerprint density at radius 1 is 1.03 bits per heavy atom. The third-order valence-corrected chi connectivity index (χ3v) is 8.76. The number of benzene rings is 1. The Morgan fingerprint density at radius 3 is 2.26 bits per heavy atom. The summed E-state index contributed by atoms with van der Waals surface area (Å²) in [6.07, 6.45) is 0.223. The zero-order chi connectivity index (χ0) is 25.0. The van der Waals surface area contributed by atoms with Gasteiger partial charge in [-0.2, -0.15) is 4.31 Å². The van der Waals surface area contributed by atoms with Crippen molar-refractivity contribution in [3.63, 3.8) is 0 Å². The lowest BCUT2D eigenvalue weighted by Gasteiger charge is -2.33. The fourth-order valence-corrected chi connectivity index (χ4v) is 6.72. The number of amides is 1. The van der Waals surface area contributed by atoms with Crippen molar-refractivity contribution in [2.45, 2.75) is 51.5 Å². The molecule has 0 N–H and O–H groups in total. The van der Waals surface area contributed by atoms with Gasteiger partial charge in [0.05, 0.1) is 17.9 Å². The number of likely N-dealkylation sites (N-methyl/N-ethyl adjacent to an activating group) is 1. The average Bonchev–Trinajstić information content (AvgIpc) is 3.22. The maximum absolute atomic E-state index is 13.2. The van der Waals surface area contributed by atoms with Crippen molar-refractivity contribution < 1.29 is 18.0 Å². The molecule has 0 bridgehead atoms. The molecule has 3 heterocycles. The minimum Gasteiger partial charge on any atom is -0.343 e. The number of nitrogens with zero attached hydrogens (tertiary/aromatic N) is 4. The van der Waals surface area contributed by atoms with Gasteiger partial charge in [0.1, 0.15) is 0 Å². The lowest BCUT2D eigenvalue weighted by atomic mass is 10.1. The number of hydrogen-bond acceptors (Lipinski definition) is 5. The Hall–Kier alpha value is -2.49. The predicted octanol–water partition coefficient (Wildman–Crippen LogP) is 2.57. The van der Waals surface area contributed by atoms with E-state index in [9.17, 15) is 18.0 Å². The summed E-state index contributed by atoms with van der Waals surface area (Å²) in [6.45, 7) is 12.3. The zero-order valence-electron chi connectivity index (χ0n) is 20.9. The summed E-state index contributed by atoms with van der Waals surface area (Å²) in [6, 6.07) is 6.85. The molecule has 2 aliphatic rings. The van der Waals surface area contributed by atoms with Crippen molar-refractivity contribution in [1.29, 1.82) is 0 Å². The van der Waals surface area contributed by atoms with Gasteiger partial charge >= 0.3 is 0 Å². The van der Waals surface area contributed by atoms with Crippen LogP contribution in [0.1, 0.15) is 48.1 Å². The molecule has 1 saturated heterocycles. The van der Waals surface area contributed by atoms with E-state index >= 15 is 0 Å². The van der Waals surface area contributed by atoms with E-state index in [1.54, 1.807) is 30.1 Å². The van der Waals surface area contributed by atoms with E-state index in [2.05, 4.69) is 25.3 Å². The number of carbonyl (C=O) groups excluding carboxylic acids is 2. The number of hydrogen-bond donors (Lipinski definition) is 0. The molecule has 2 aliphatic heterocycles. The van der Waals surface area contributed by atoms with Gasteiger partial charge in [0.25, 0.3) is 0 Å². The van der Waals surface area contributed by atoms with Crippen molar-refractivity contribution in [1.82, 2.24) is 13.8 Å². The maximum atomic E-state index is 13.2. The van der Waals surface area contributed by atoms with Gasteiger partial charge in [-0.05, 0) is 64.4 Å². The Bertz CT molecular complexity index is 1250. The highest BCUT2D eigenvalue weighted by molar-refractivity contribution is 7.89. The first-order valence-corrected chi connectivity index (χ1v) is 13.1. The molecule has 4 rings (SSSR count). The number of anilines is 1. The number of Topliss-reactive ketones (excluding diaryl/α,β-unsaturated/α-hetero) is 1. The first-order chi connectivity index (χ1) is 15.8. The van der Waals surface area contributed by atoms with E-state index in [1.807, 2.05) is 24.8 Å². The van der Waals surface area contributed by atoms with Crippen molar-refractivity contribution >= 4 is 27.4 Å². The van der Waals surface area contributed by atoms with Gasteiger partial charge < -0.3 is 9.47 Å². The largest absolute Gasteiger partial charge is 0.343 e. The van der Waals surface area contributed by atoms with Gasteiger partial charge in [-0.1, -0.05) is 0 Å². The molecule has 9 heteroatoms. The standard InChI is InChI=1S/C25H34N4O4S/c1-17-13-21(18(2)29(17)25(3,4)5)23(30)16-27-9-11-28(12-10-27)34(32,33)20-7-8-22-19(14-20)15-24(31)26(22)6/h7-8,13-14H,9-12,15-16H2,1-6H3. The van der Waals surface area contributed by atoms with E-state index in [0.29, 0.717) is 26.2 Å². The number of aromatic nitrogens is 1. The summed E-state index contributed by atoms with van der Waals surface area (Å²) in [5, 5.41) is 0. The molecule has 2 aromatic rings. The highest BCUT2D eigenvalue weighted by atomic mass is 32.2. The smallest absolute Gasteiger partial charge is 0.243 e. The molecule has 8 nitrogen and oxygen atoms in total. The first-order valence-electron chi connectivity index (χ1n) is 11.7. The Labute approximate surface area is 202 Å². The SMILES string of the molecule is Cc1cc(C(=O)CN2CCN(S(=O)(=O)c3ccc4c(c3)CC(=O)N4C)CC2)c(C)n1C(C)(C)C. The van der Waals surface area contributed by atoms with Crippen molar-refractivity contribution in [2.24, 2.45) is 0 Å². The van der Waals surface area contributed by atoms with Crippen LogP contribution in [0.15, 0.2) is 29.2 Å². The monoisotopic (exact) mass is 486 g/mol. The molecule has 0 aliphatic carbocycles. The molecule has 184 valence electrons. The Morgan fingerprint density at radius 2 is 1.68 bits per heavy atom. The van der Waals surface area contributed by atoms with E-state index in [4.69, 9.17) is 0 Å². The minimum absolute atomic E-state index is 0.0360. The highest BCUT2D eigenvalue weighted by Gasteiger charge is 2.32. The molecule has 34 heavy (non-hydrogen) atoms. The topological polar surface area (TPSA) is 82.9 Å². The maximum Gasteiger partial charge on any atom is 0.243 e. The summed E-state index contributed by atoms with van der Waals surface area (Å²) < 4.78 is 30.1. The summed E-state index contributed by atoms with van der Waals surface area (Å²) in [5.41, 5.74) is 4.17. The van der Waals surface area contributed by atoms with Gasteiger partial charge in [-0.15, -0.1) is 0 Å². The van der Waals surface area contributed by atoms with E-state index < -0.39 is 10.0 Å². The number of ketones is 1. The molecule has 1 aromatic heterocycles. The minimum atomic E-state index is -3.66. The van der Waals surface area contributed by atoms with Crippen LogP contribution in [0.2, 0.25) is 0 Å². The number of piperazine rings is 1. The highest BCUT2D eigenvalue weighted by Crippen LogP contribution is 2.31. The molecule has 0 spiro atoms. The predicted molar refractivity (Wildman–Crippen MR) is 132 cm³/mol. The van der Waals surface area contributed by atoms with Crippen LogP contribution in [-0.2, 0) is 26.8 Å². The first kappa shape index (κ1) is 24.6. The van der Waals surface area contributed by atoms with Crippen LogP contribution >= 0.6 is 0 Å². The molecule has 1 aromatic carbocycles. The number of fused-ring (bicyclic) bond motifs is 1. The second-order valence-electron chi connectivity index (χ2n) is 10.3. The Balaban J connectivity index is 1.42. The van der Waals surface area contributed by atoms with Crippen LogP contribution in [0.5, 0.6) is 0 Å². The van der Waals surface area contributed by atoms with Crippen LogP contribution in [-0.4, -0.2) is 73.7 Å². The third kappa shape index (κ3) is 4.32. The second-order valence-corrected chi connectivity index (χ2v) is 12.3. The van der Waals surface area contributed by atoms with Gasteiger partial charge in [-0.3, -0.25) is 14.5 Å². The normalized spacial score (nSPS) is 17.9. The fraction of sp³-hybridized carbons (Fsp3) is 0.520. The summed E-state index contributed by atoms with van der Waals surface area (Å²) in [5.74, 6) is 0.0263. The van der Waals surface area contributed by atoms with Crippen LogP contribution in [0, 0.1) is 13.8 Å². The molecular formula is C25H34N4O4S. The van der Waals surface area contributed by atoms with Gasteiger partial charge in [-0.25, -0.2) is 8.42 Å². The van der Waals surface area contributed by atoms with Crippen LogP contribution in [0.25, 0.3) is 0 Å². The van der Waals surface area contributed by atoms with E-state index in [1.165, 1.54) is 4.31 Å². The molecule has 1 fully saturated rings. The van der Waals surface area contributed by atoms with E-state index in [0.717, 1.165) is 28.2 Å². The van der Waals surface area contributed by atoms with Gasteiger partial charge in [0.2, 0.25) is 15.9 Å². The van der Waals surface area contributed by atoms with Crippen molar-refractivity contribution in [3.8, 4) is 0 Å². The van der Waals surface area contributed by atoms with Crippen LogP contribution in [0.3, 0.4) is 0 Å². The summed E-state index contributed by atoms with van der Waals surface area (Å²) >= 11 is 0. The fourth-order valence-electron chi connectivity index (χ4n) is 5.25. The average molecular weight is 487 g/mol. The number of carbonyl (C=O) groups is 2. The Kier molecular flexibility index (Phi) is 6.25. The third-order valence-electron chi connectivity index (χ3n) is 6.87. The molecule has 0 atom stereocenters. The number of rotatable bonds is 5. The molecule has 0 saturated carbocycles. The molecular weight excluding hydrogens is 452 g/mol. The molecule has 0 unspecified atom stereocenters. The lowest BCUT2D eigenvalue weighted by Crippen LogP contribution is -2.49. The van der Waals surface area contributed by atoms with Crippen LogP contribution < -0.4 is 4.90 Å². The quantitative estimate of drug-likeness (QED) is 0.607. The number of sulfonamides is 1. The second kappa shape index (κ2) is 8.62. The van der Waals surface area contributed by atoms with Gasteiger partial charge in [0.15, 0.2) is 5.78 Å². The van der Waals surface area contributed by atoms with Gasteiger partial charge in [0, 0.05) is 61.4 Å². The van der Waals surface area contributed by atoms with E-state index in [-0.39, 0.29) is 35.1 Å². The molecule has 0 radical (unpaired) electrons. The molecule has 1 amide bonds. The number of aryl methyl sites for hydroxylation is 1. The van der Waals surface area contributed by atoms with Crippen LogP contribution in [0.4, 0.5) is 5.69 Å². The summed E-state index contributed by atoms with van der Waals surface area (Å²) in [7, 11) is -1.96. The van der Waals surface area contributed by atoms with Crippen molar-refractivity contribution in [3.05, 3.63) is 46.8 Å². The van der Waals surface area contributed by atoms with Crippen molar-refractivity contribution in [2.75, 3.05) is 44.7 Å². The lowest BCUT2D eigenvalue weighted by molar-refractivity contribution is -0.117.